The summed E-state index contributed by atoms with van der Waals surface area (Å²) >= 11 is 0. The molecule has 0 aliphatic heterocycles. The zero-order valence-corrected chi connectivity index (χ0v) is 12.7. The van der Waals surface area contributed by atoms with Crippen LogP contribution in [0.5, 0.6) is 0 Å². The minimum atomic E-state index is 0.542. The molecule has 1 saturated carbocycles. The second-order valence-corrected chi connectivity index (χ2v) is 6.31. The summed E-state index contributed by atoms with van der Waals surface area (Å²) in [4.78, 5) is 0. The Kier molecular flexibility index (Phi) is 4.81. The summed E-state index contributed by atoms with van der Waals surface area (Å²) in [6, 6.07) is 9.45. The molecule has 1 aliphatic rings. The Bertz CT molecular complexity index is 439. The van der Waals surface area contributed by atoms with Crippen LogP contribution in [0, 0.1) is 5.92 Å². The highest BCUT2D eigenvalue weighted by molar-refractivity contribution is 5.59. The van der Waals surface area contributed by atoms with E-state index < -0.39 is 0 Å². The number of hydrogen-bond acceptors (Lipinski definition) is 1. The van der Waals surface area contributed by atoms with Crippen LogP contribution in [0.2, 0.25) is 0 Å². The predicted octanol–water partition coefficient (Wildman–Crippen LogP) is 4.60. The molecule has 1 nitrogen and oxygen atoms in total. The first kappa shape index (κ1) is 14.3. The first-order valence-electron chi connectivity index (χ1n) is 7.60. The minimum Gasteiger partial charge on any atom is -0.311 e. The quantitative estimate of drug-likeness (QED) is 0.785. The maximum Gasteiger partial charge on any atom is 0.0172 e. The summed E-state index contributed by atoms with van der Waals surface area (Å²) < 4.78 is 0. The Balaban J connectivity index is 2.20. The van der Waals surface area contributed by atoms with Gasteiger partial charge in [0.2, 0.25) is 0 Å². The van der Waals surface area contributed by atoms with Crippen molar-refractivity contribution in [2.75, 3.05) is 6.54 Å². The zero-order chi connectivity index (χ0) is 13.8. The molecule has 19 heavy (non-hydrogen) atoms. The average Bonchev–Trinajstić information content (AvgIpc) is 3.18. The molecule has 0 unspecified atom stereocenters. The molecule has 1 aromatic rings. The Hall–Kier alpha value is -1.08. The number of rotatable bonds is 6. The molecule has 1 aromatic carbocycles. The van der Waals surface area contributed by atoms with E-state index in [4.69, 9.17) is 0 Å². The van der Waals surface area contributed by atoms with E-state index in [9.17, 15) is 0 Å². The van der Waals surface area contributed by atoms with Crippen molar-refractivity contribution < 1.29 is 0 Å². The van der Waals surface area contributed by atoms with Gasteiger partial charge in [0.25, 0.3) is 0 Å². The lowest BCUT2D eigenvalue weighted by atomic mass is 9.96. The molecular weight excluding hydrogens is 230 g/mol. The van der Waals surface area contributed by atoms with Gasteiger partial charge in [-0.1, -0.05) is 63.6 Å². The molecule has 0 heterocycles. The van der Waals surface area contributed by atoms with E-state index in [-0.39, 0.29) is 0 Å². The van der Waals surface area contributed by atoms with E-state index in [1.807, 2.05) is 0 Å². The Morgan fingerprint density at radius 3 is 2.47 bits per heavy atom. The summed E-state index contributed by atoms with van der Waals surface area (Å²) in [6.07, 6.45) is 5.14. The van der Waals surface area contributed by atoms with Crippen LogP contribution in [0.4, 0.5) is 0 Å². The minimum absolute atomic E-state index is 0.542. The van der Waals surface area contributed by atoms with Crippen molar-refractivity contribution in [3.63, 3.8) is 0 Å². The second-order valence-electron chi connectivity index (χ2n) is 6.31. The lowest BCUT2D eigenvalue weighted by Crippen LogP contribution is -2.26. The van der Waals surface area contributed by atoms with Crippen molar-refractivity contribution in [2.45, 2.75) is 52.5 Å². The summed E-state index contributed by atoms with van der Waals surface area (Å²) in [5, 5.41) is 3.54. The maximum absolute atomic E-state index is 3.54. The molecule has 1 heteroatoms. The van der Waals surface area contributed by atoms with Gasteiger partial charge in [0.05, 0.1) is 0 Å². The average molecular weight is 257 g/mol. The lowest BCUT2D eigenvalue weighted by Gasteiger charge is -2.16. The summed E-state index contributed by atoms with van der Waals surface area (Å²) in [5.41, 5.74) is 4.48. The summed E-state index contributed by atoms with van der Waals surface area (Å²) in [6.45, 7) is 9.97. The van der Waals surface area contributed by atoms with Crippen LogP contribution in [-0.2, 0) is 0 Å². The van der Waals surface area contributed by atoms with Gasteiger partial charge < -0.3 is 5.32 Å². The van der Waals surface area contributed by atoms with Crippen LogP contribution in [0.1, 0.15) is 57.6 Å². The van der Waals surface area contributed by atoms with E-state index in [1.54, 1.807) is 5.56 Å². The third kappa shape index (κ3) is 4.21. The van der Waals surface area contributed by atoms with Gasteiger partial charge in [-0.25, -0.2) is 0 Å². The third-order valence-electron chi connectivity index (χ3n) is 3.81. The van der Waals surface area contributed by atoms with Crippen LogP contribution in [0.15, 0.2) is 29.8 Å². The molecule has 1 N–H and O–H groups in total. The first-order valence-corrected chi connectivity index (χ1v) is 7.60. The third-order valence-corrected chi connectivity index (χ3v) is 3.81. The van der Waals surface area contributed by atoms with Gasteiger partial charge in [0.1, 0.15) is 0 Å². The summed E-state index contributed by atoms with van der Waals surface area (Å²) in [5.74, 6) is 1.41. The van der Waals surface area contributed by atoms with E-state index in [0.29, 0.717) is 12.0 Å². The molecule has 0 saturated heterocycles. The molecule has 104 valence electrons. The van der Waals surface area contributed by atoms with Gasteiger partial charge >= 0.3 is 0 Å². The van der Waals surface area contributed by atoms with Gasteiger partial charge in [-0.2, -0.15) is 0 Å². The summed E-state index contributed by atoms with van der Waals surface area (Å²) in [7, 11) is 0. The van der Waals surface area contributed by atoms with E-state index in [2.05, 4.69) is 63.4 Å². The molecule has 1 fully saturated rings. The van der Waals surface area contributed by atoms with Gasteiger partial charge in [-0.05, 0) is 35.8 Å². The van der Waals surface area contributed by atoms with E-state index in [0.717, 1.165) is 12.5 Å². The second kappa shape index (κ2) is 6.38. The predicted molar refractivity (Wildman–Crippen MR) is 84.4 cm³/mol. The van der Waals surface area contributed by atoms with Crippen LogP contribution >= 0.6 is 0 Å². The highest BCUT2D eigenvalue weighted by Gasteiger charge is 2.25. The van der Waals surface area contributed by atoms with Crippen LogP contribution < -0.4 is 5.32 Å². The molecule has 0 aromatic heterocycles. The number of benzene rings is 1. The van der Waals surface area contributed by atoms with Crippen molar-refractivity contribution in [3.8, 4) is 0 Å². The Morgan fingerprint density at radius 1 is 1.21 bits per heavy atom. The lowest BCUT2D eigenvalue weighted by molar-refractivity contribution is 0.593. The Labute approximate surface area is 118 Å². The van der Waals surface area contributed by atoms with Crippen molar-refractivity contribution >= 4 is 6.08 Å². The molecule has 2 rings (SSSR count). The topological polar surface area (TPSA) is 12.0 Å². The van der Waals surface area contributed by atoms with Gasteiger partial charge in [-0.3, -0.25) is 0 Å². The van der Waals surface area contributed by atoms with Crippen molar-refractivity contribution in [1.29, 1.82) is 0 Å². The highest BCUT2D eigenvalue weighted by Crippen LogP contribution is 2.42. The van der Waals surface area contributed by atoms with Crippen molar-refractivity contribution in [2.24, 2.45) is 5.92 Å². The van der Waals surface area contributed by atoms with Crippen LogP contribution in [0.3, 0.4) is 0 Å². The van der Waals surface area contributed by atoms with Gasteiger partial charge in [0.15, 0.2) is 0 Å². The highest BCUT2D eigenvalue weighted by atomic mass is 14.9. The Morgan fingerprint density at radius 2 is 1.89 bits per heavy atom. The van der Waals surface area contributed by atoms with Crippen molar-refractivity contribution in [1.82, 2.24) is 5.32 Å². The largest absolute Gasteiger partial charge is 0.311 e. The van der Waals surface area contributed by atoms with E-state index in [1.165, 1.54) is 24.0 Å². The molecule has 0 amide bonds. The fourth-order valence-corrected chi connectivity index (χ4v) is 2.35. The SMILES string of the molecule is CC(C)NCC(=Cc1ccccc1C1CC1)C(C)C. The van der Waals surface area contributed by atoms with Crippen molar-refractivity contribution in [3.05, 3.63) is 41.0 Å². The van der Waals surface area contributed by atoms with E-state index >= 15 is 0 Å². The molecule has 0 spiro atoms. The van der Waals surface area contributed by atoms with Crippen LogP contribution in [-0.4, -0.2) is 12.6 Å². The van der Waals surface area contributed by atoms with Crippen LogP contribution in [0.25, 0.3) is 6.08 Å². The van der Waals surface area contributed by atoms with Gasteiger partial charge in [0, 0.05) is 12.6 Å². The molecule has 0 radical (unpaired) electrons. The zero-order valence-electron chi connectivity index (χ0n) is 12.7. The van der Waals surface area contributed by atoms with Gasteiger partial charge in [-0.15, -0.1) is 0 Å². The smallest absolute Gasteiger partial charge is 0.0172 e. The standard InChI is InChI=1S/C18H27N/c1-13(2)17(12-19-14(3)4)11-16-7-5-6-8-18(16)15-9-10-15/h5-8,11,13-15,19H,9-10,12H2,1-4H3. The first-order chi connectivity index (χ1) is 9.08. The molecule has 0 atom stereocenters. The molecular formula is C18H27N. The monoisotopic (exact) mass is 257 g/mol. The number of hydrogen-bond donors (Lipinski definition) is 1. The normalized spacial score (nSPS) is 16.4. The molecule has 1 aliphatic carbocycles. The fraction of sp³-hybridized carbons (Fsp3) is 0.556. The fourth-order valence-electron chi connectivity index (χ4n) is 2.35. The number of nitrogens with one attached hydrogen (secondary N) is 1. The molecule has 0 bridgehead atoms. The maximum atomic E-state index is 3.54.